The summed E-state index contributed by atoms with van der Waals surface area (Å²) in [7, 11) is 4.11. The zero-order valence-electron chi connectivity index (χ0n) is 19.2. The molecule has 5 heteroatoms. The fourth-order valence-electron chi connectivity index (χ4n) is 3.43. The highest BCUT2D eigenvalue weighted by atomic mass is 32.1. The zero-order valence-corrected chi connectivity index (χ0v) is 20.1. The van der Waals surface area contributed by atoms with E-state index in [0.29, 0.717) is 12.1 Å². The van der Waals surface area contributed by atoms with Crippen molar-refractivity contribution in [2.45, 2.75) is 46.5 Å². The zero-order chi connectivity index (χ0) is 22.1. The molecule has 30 heavy (non-hydrogen) atoms. The first-order valence-electron chi connectivity index (χ1n) is 10.5. The maximum Gasteiger partial charge on any atom is 0.260 e. The lowest BCUT2D eigenvalue weighted by molar-refractivity contribution is 0.0986. The summed E-state index contributed by atoms with van der Waals surface area (Å²) in [5.41, 5.74) is 5.41. The number of amides is 1. The first kappa shape index (κ1) is 22.4. The van der Waals surface area contributed by atoms with Gasteiger partial charge in [-0.1, -0.05) is 50.3 Å². The predicted octanol–water partition coefficient (Wildman–Crippen LogP) is 5.81. The Hall–Kier alpha value is -2.24. The Balaban J connectivity index is 1.96. The van der Waals surface area contributed by atoms with Gasteiger partial charge in [0.05, 0.1) is 10.2 Å². The lowest BCUT2D eigenvalue weighted by Gasteiger charge is -2.22. The lowest BCUT2D eigenvalue weighted by atomic mass is 9.86. The number of hydrogen-bond acceptors (Lipinski definition) is 4. The molecule has 0 aliphatic heterocycles. The van der Waals surface area contributed by atoms with E-state index in [0.717, 1.165) is 28.3 Å². The number of hydrogen-bond donors (Lipinski definition) is 0. The van der Waals surface area contributed by atoms with Crippen LogP contribution in [-0.2, 0) is 5.41 Å². The molecule has 4 nitrogen and oxygen atoms in total. The van der Waals surface area contributed by atoms with Crippen molar-refractivity contribution in [1.29, 1.82) is 0 Å². The number of aryl methyl sites for hydroxylation is 2. The van der Waals surface area contributed by atoms with E-state index in [1.165, 1.54) is 16.7 Å². The van der Waals surface area contributed by atoms with Crippen molar-refractivity contribution in [1.82, 2.24) is 9.88 Å². The Kier molecular flexibility index (Phi) is 6.63. The van der Waals surface area contributed by atoms with Gasteiger partial charge in [-0.2, -0.15) is 0 Å². The third kappa shape index (κ3) is 4.90. The van der Waals surface area contributed by atoms with E-state index in [-0.39, 0.29) is 11.3 Å². The number of anilines is 1. The van der Waals surface area contributed by atoms with Crippen LogP contribution in [0.2, 0.25) is 0 Å². The van der Waals surface area contributed by atoms with Crippen LogP contribution < -0.4 is 4.90 Å². The van der Waals surface area contributed by atoms with Gasteiger partial charge < -0.3 is 4.90 Å². The largest absolute Gasteiger partial charge is 0.309 e. The number of fused-ring (bicyclic) bond motifs is 1. The summed E-state index contributed by atoms with van der Waals surface area (Å²) in [5, 5.41) is 0.780. The quantitative estimate of drug-likeness (QED) is 0.502. The Labute approximate surface area is 184 Å². The van der Waals surface area contributed by atoms with Crippen molar-refractivity contribution in [3.05, 3.63) is 58.7 Å². The highest BCUT2D eigenvalue weighted by Gasteiger charge is 2.22. The van der Waals surface area contributed by atoms with Gasteiger partial charge >= 0.3 is 0 Å². The van der Waals surface area contributed by atoms with Crippen molar-refractivity contribution < 1.29 is 4.79 Å². The molecule has 3 aromatic rings. The summed E-state index contributed by atoms with van der Waals surface area (Å²) in [6, 6.07) is 12.3. The highest BCUT2D eigenvalue weighted by Crippen LogP contribution is 2.33. The van der Waals surface area contributed by atoms with Crippen molar-refractivity contribution in [3.63, 3.8) is 0 Å². The average molecular weight is 424 g/mol. The van der Waals surface area contributed by atoms with Gasteiger partial charge in [0.15, 0.2) is 5.13 Å². The molecule has 1 aromatic heterocycles. The van der Waals surface area contributed by atoms with Gasteiger partial charge in [-0.05, 0) is 81.2 Å². The third-order valence-electron chi connectivity index (χ3n) is 5.53. The minimum Gasteiger partial charge on any atom is -0.309 e. The summed E-state index contributed by atoms with van der Waals surface area (Å²) >= 11 is 1.60. The van der Waals surface area contributed by atoms with Gasteiger partial charge in [-0.15, -0.1) is 0 Å². The molecule has 0 atom stereocenters. The van der Waals surface area contributed by atoms with Gasteiger partial charge in [0, 0.05) is 12.1 Å². The van der Waals surface area contributed by atoms with Crippen molar-refractivity contribution in [3.8, 4) is 0 Å². The van der Waals surface area contributed by atoms with Crippen LogP contribution >= 0.6 is 11.3 Å². The van der Waals surface area contributed by atoms with E-state index < -0.39 is 0 Å². The maximum absolute atomic E-state index is 13.5. The second-order valence-electron chi connectivity index (χ2n) is 9.29. The van der Waals surface area contributed by atoms with E-state index >= 15 is 0 Å². The molecule has 0 aliphatic carbocycles. The number of benzene rings is 2. The van der Waals surface area contributed by atoms with Gasteiger partial charge in [0.2, 0.25) is 0 Å². The minimum atomic E-state index is 0.0163. The van der Waals surface area contributed by atoms with E-state index in [9.17, 15) is 4.79 Å². The summed E-state index contributed by atoms with van der Waals surface area (Å²) in [4.78, 5) is 22.4. The Bertz CT molecular complexity index is 1030. The smallest absolute Gasteiger partial charge is 0.260 e. The number of carbonyl (C=O) groups excluding carboxylic acids is 1. The molecular weight excluding hydrogens is 390 g/mol. The average Bonchev–Trinajstić information content (AvgIpc) is 3.11. The van der Waals surface area contributed by atoms with Crippen LogP contribution in [0.15, 0.2) is 36.4 Å². The molecule has 0 saturated carbocycles. The van der Waals surface area contributed by atoms with Crippen LogP contribution in [0.1, 0.15) is 54.2 Å². The van der Waals surface area contributed by atoms with Crippen molar-refractivity contribution in [2.24, 2.45) is 0 Å². The molecule has 0 aliphatic rings. The normalized spacial score (nSPS) is 12.0. The highest BCUT2D eigenvalue weighted by molar-refractivity contribution is 7.22. The standard InChI is InChI=1S/C25H33N3OS/c1-17-9-14-21-22(18(17)2)26-24(30-21)28(16-8-15-27(6)7)23(29)19-10-12-20(13-11-19)25(3,4)5/h9-14H,8,15-16H2,1-7H3. The molecule has 0 bridgehead atoms. The van der Waals surface area contributed by atoms with Gasteiger partial charge in [0.1, 0.15) is 0 Å². The molecule has 0 fully saturated rings. The van der Waals surface area contributed by atoms with Crippen LogP contribution in [-0.4, -0.2) is 43.0 Å². The predicted molar refractivity (Wildman–Crippen MR) is 129 cm³/mol. The maximum atomic E-state index is 13.5. The third-order valence-corrected chi connectivity index (χ3v) is 6.58. The first-order chi connectivity index (χ1) is 14.1. The molecule has 1 heterocycles. The first-order valence-corrected chi connectivity index (χ1v) is 11.3. The Morgan fingerprint density at radius 1 is 1.00 bits per heavy atom. The summed E-state index contributed by atoms with van der Waals surface area (Å²) < 4.78 is 1.13. The fraction of sp³-hybridized carbons (Fsp3) is 0.440. The van der Waals surface area contributed by atoms with Crippen LogP contribution in [0.3, 0.4) is 0 Å². The molecule has 160 valence electrons. The van der Waals surface area contributed by atoms with Crippen LogP contribution in [0.4, 0.5) is 5.13 Å². The number of carbonyl (C=O) groups is 1. The summed E-state index contributed by atoms with van der Waals surface area (Å²) in [6.45, 7) is 12.3. The fourth-order valence-corrected chi connectivity index (χ4v) is 4.48. The SMILES string of the molecule is Cc1ccc2sc(N(CCCN(C)C)C(=O)c3ccc(C(C)(C)C)cc3)nc2c1C. The molecular formula is C25H33N3OS. The molecule has 3 rings (SSSR count). The van der Waals surface area contributed by atoms with Crippen molar-refractivity contribution in [2.75, 3.05) is 32.1 Å². The van der Waals surface area contributed by atoms with Crippen LogP contribution in [0.25, 0.3) is 10.2 Å². The minimum absolute atomic E-state index is 0.0163. The van der Waals surface area contributed by atoms with E-state index in [1.807, 2.05) is 17.0 Å². The molecule has 2 aromatic carbocycles. The lowest BCUT2D eigenvalue weighted by Crippen LogP contribution is -2.33. The number of aromatic nitrogens is 1. The molecule has 0 spiro atoms. The Morgan fingerprint density at radius 3 is 2.27 bits per heavy atom. The topological polar surface area (TPSA) is 36.4 Å². The van der Waals surface area contributed by atoms with Crippen LogP contribution in [0, 0.1) is 13.8 Å². The Morgan fingerprint density at radius 2 is 1.67 bits per heavy atom. The molecule has 0 radical (unpaired) electrons. The number of nitrogens with zero attached hydrogens (tertiary/aromatic N) is 3. The molecule has 0 saturated heterocycles. The van der Waals surface area contributed by atoms with Crippen LogP contribution in [0.5, 0.6) is 0 Å². The molecule has 0 N–H and O–H groups in total. The van der Waals surface area contributed by atoms with Crippen molar-refractivity contribution >= 4 is 32.6 Å². The molecule has 1 amide bonds. The molecule has 0 unspecified atom stereocenters. The monoisotopic (exact) mass is 423 g/mol. The second-order valence-corrected chi connectivity index (χ2v) is 10.3. The van der Waals surface area contributed by atoms with E-state index in [2.05, 4.69) is 77.9 Å². The van der Waals surface area contributed by atoms with Gasteiger partial charge in [-0.25, -0.2) is 4.98 Å². The van der Waals surface area contributed by atoms with Gasteiger partial charge in [-0.3, -0.25) is 9.69 Å². The second kappa shape index (κ2) is 8.86. The van der Waals surface area contributed by atoms with Gasteiger partial charge in [0.25, 0.3) is 5.91 Å². The number of rotatable bonds is 6. The summed E-state index contributed by atoms with van der Waals surface area (Å²) in [5.74, 6) is 0.0163. The number of thiazole rings is 1. The van der Waals surface area contributed by atoms with E-state index in [1.54, 1.807) is 11.3 Å². The van der Waals surface area contributed by atoms with E-state index in [4.69, 9.17) is 4.98 Å². The summed E-state index contributed by atoms with van der Waals surface area (Å²) in [6.07, 6.45) is 0.896.